The average Bonchev–Trinajstić information content (AvgIpc) is 2.83. The number of methoxy groups -OCH3 is 2. The van der Waals surface area contributed by atoms with Crippen LogP contribution in [-0.4, -0.2) is 62.9 Å². The number of nitrogens with zero attached hydrogens (tertiary/aromatic N) is 2. The lowest BCUT2D eigenvalue weighted by molar-refractivity contribution is 0.0836. The van der Waals surface area contributed by atoms with Crippen LogP contribution < -0.4 is 18.9 Å². The van der Waals surface area contributed by atoms with Gasteiger partial charge in [0.25, 0.3) is 0 Å². The Morgan fingerprint density at radius 3 is 2.52 bits per heavy atom. The third kappa shape index (κ3) is 4.32. The molecule has 0 amide bonds. The van der Waals surface area contributed by atoms with E-state index in [2.05, 4.69) is 40.1 Å². The minimum absolute atomic E-state index is 0.590. The van der Waals surface area contributed by atoms with Gasteiger partial charge in [0.05, 0.1) is 14.2 Å². The number of likely N-dealkylation sites (tertiary alicyclic amines) is 1. The fourth-order valence-corrected chi connectivity index (χ4v) is 5.13. The van der Waals surface area contributed by atoms with E-state index in [4.69, 9.17) is 18.9 Å². The summed E-state index contributed by atoms with van der Waals surface area (Å²) in [5.74, 6) is 3.41. The van der Waals surface area contributed by atoms with Gasteiger partial charge in [0, 0.05) is 32.2 Å². The van der Waals surface area contributed by atoms with E-state index in [1.165, 1.54) is 29.5 Å². The van der Waals surface area contributed by atoms with Crippen molar-refractivity contribution in [1.29, 1.82) is 0 Å². The van der Waals surface area contributed by atoms with Crippen LogP contribution in [0.25, 0.3) is 0 Å². The van der Waals surface area contributed by atoms with Crippen LogP contribution >= 0.6 is 0 Å². The van der Waals surface area contributed by atoms with Crippen molar-refractivity contribution in [2.45, 2.75) is 38.4 Å². The van der Waals surface area contributed by atoms with Crippen molar-refractivity contribution in [2.75, 3.05) is 47.1 Å². The monoisotopic (exact) mass is 424 g/mol. The minimum atomic E-state index is 0.590. The molecule has 1 fully saturated rings. The Bertz CT molecular complexity index is 932. The zero-order chi connectivity index (χ0) is 21.2. The summed E-state index contributed by atoms with van der Waals surface area (Å²) < 4.78 is 22.5. The Balaban J connectivity index is 1.25. The fourth-order valence-electron chi connectivity index (χ4n) is 5.13. The van der Waals surface area contributed by atoms with E-state index >= 15 is 0 Å². The molecule has 0 aliphatic carbocycles. The Morgan fingerprint density at radius 2 is 1.71 bits per heavy atom. The minimum Gasteiger partial charge on any atom is -0.493 e. The zero-order valence-corrected chi connectivity index (χ0v) is 18.6. The maximum absolute atomic E-state index is 5.77. The van der Waals surface area contributed by atoms with Gasteiger partial charge in [0.1, 0.15) is 13.2 Å². The normalized spacial score (nSPS) is 21.4. The molecule has 3 aliphatic rings. The topological polar surface area (TPSA) is 43.4 Å². The zero-order valence-electron chi connectivity index (χ0n) is 18.6. The van der Waals surface area contributed by atoms with Gasteiger partial charge in [-0.05, 0) is 66.8 Å². The van der Waals surface area contributed by atoms with Crippen LogP contribution in [0.4, 0.5) is 0 Å². The largest absolute Gasteiger partial charge is 0.493 e. The SMILES string of the molecule is COc1cc2c(cc1OC)CN(C1CCCN(Cc3ccc4c(c3)OCCO4)C1)CC2. The molecule has 3 aliphatic heterocycles. The second-order valence-electron chi connectivity index (χ2n) is 8.71. The highest BCUT2D eigenvalue weighted by molar-refractivity contribution is 5.48. The van der Waals surface area contributed by atoms with Gasteiger partial charge >= 0.3 is 0 Å². The highest BCUT2D eigenvalue weighted by Crippen LogP contribution is 2.35. The molecule has 6 heteroatoms. The molecule has 0 radical (unpaired) electrons. The molecule has 2 aromatic rings. The van der Waals surface area contributed by atoms with E-state index in [0.717, 1.165) is 62.1 Å². The van der Waals surface area contributed by atoms with E-state index in [1.807, 2.05) is 0 Å². The first-order valence-corrected chi connectivity index (χ1v) is 11.3. The predicted molar refractivity (Wildman–Crippen MR) is 119 cm³/mol. The maximum Gasteiger partial charge on any atom is 0.161 e. The highest BCUT2D eigenvalue weighted by atomic mass is 16.6. The van der Waals surface area contributed by atoms with E-state index in [-0.39, 0.29) is 0 Å². The number of hydrogen-bond donors (Lipinski definition) is 0. The summed E-state index contributed by atoms with van der Waals surface area (Å²) >= 11 is 0. The van der Waals surface area contributed by atoms with Crippen molar-refractivity contribution in [1.82, 2.24) is 9.80 Å². The van der Waals surface area contributed by atoms with Gasteiger partial charge in [-0.2, -0.15) is 0 Å². The van der Waals surface area contributed by atoms with Crippen molar-refractivity contribution in [3.63, 3.8) is 0 Å². The van der Waals surface area contributed by atoms with E-state index < -0.39 is 0 Å². The molecule has 1 saturated heterocycles. The van der Waals surface area contributed by atoms with Crippen molar-refractivity contribution < 1.29 is 18.9 Å². The smallest absolute Gasteiger partial charge is 0.161 e. The number of benzene rings is 2. The average molecular weight is 425 g/mol. The van der Waals surface area contributed by atoms with Gasteiger partial charge in [0.15, 0.2) is 23.0 Å². The standard InChI is InChI=1S/C25H32N2O4/c1-28-23-13-19-7-9-27(16-20(19)14-24(23)29-2)21-4-3-8-26(17-21)15-18-5-6-22-25(12-18)31-11-10-30-22/h5-6,12-14,21H,3-4,7-11,15-17H2,1-2H3. The number of piperidine rings is 1. The van der Waals surface area contributed by atoms with Crippen LogP contribution in [0.3, 0.4) is 0 Å². The van der Waals surface area contributed by atoms with Crippen molar-refractivity contribution in [2.24, 2.45) is 0 Å². The Morgan fingerprint density at radius 1 is 0.935 bits per heavy atom. The van der Waals surface area contributed by atoms with Crippen LogP contribution in [0.5, 0.6) is 23.0 Å². The van der Waals surface area contributed by atoms with Crippen molar-refractivity contribution in [3.8, 4) is 23.0 Å². The van der Waals surface area contributed by atoms with E-state index in [0.29, 0.717) is 19.3 Å². The summed E-state index contributed by atoms with van der Waals surface area (Å²) in [7, 11) is 3.42. The number of rotatable bonds is 5. The molecule has 0 saturated carbocycles. The summed E-state index contributed by atoms with van der Waals surface area (Å²) in [6, 6.07) is 11.3. The molecular formula is C25H32N2O4. The highest BCUT2D eigenvalue weighted by Gasteiger charge is 2.29. The van der Waals surface area contributed by atoms with Crippen LogP contribution in [0.2, 0.25) is 0 Å². The molecule has 0 bridgehead atoms. The molecule has 6 nitrogen and oxygen atoms in total. The quantitative estimate of drug-likeness (QED) is 0.732. The van der Waals surface area contributed by atoms with E-state index in [1.54, 1.807) is 14.2 Å². The van der Waals surface area contributed by atoms with Gasteiger partial charge < -0.3 is 18.9 Å². The summed E-state index contributed by atoms with van der Waals surface area (Å²) in [4.78, 5) is 5.24. The first-order valence-electron chi connectivity index (χ1n) is 11.3. The fraction of sp³-hybridized carbons (Fsp3) is 0.520. The molecule has 3 heterocycles. The van der Waals surface area contributed by atoms with Gasteiger partial charge in [-0.25, -0.2) is 0 Å². The Hall–Kier alpha value is -2.44. The van der Waals surface area contributed by atoms with Crippen molar-refractivity contribution in [3.05, 3.63) is 47.0 Å². The van der Waals surface area contributed by atoms with Gasteiger partial charge in [-0.3, -0.25) is 9.80 Å². The van der Waals surface area contributed by atoms with Gasteiger partial charge in [0.2, 0.25) is 0 Å². The Kier molecular flexibility index (Phi) is 5.92. The Labute approximate surface area is 184 Å². The molecule has 5 rings (SSSR count). The molecule has 0 N–H and O–H groups in total. The van der Waals surface area contributed by atoms with Gasteiger partial charge in [-0.15, -0.1) is 0 Å². The molecule has 31 heavy (non-hydrogen) atoms. The molecule has 2 aromatic carbocycles. The second kappa shape index (κ2) is 8.97. The second-order valence-corrected chi connectivity index (χ2v) is 8.71. The maximum atomic E-state index is 5.77. The number of ether oxygens (including phenoxy) is 4. The van der Waals surface area contributed by atoms with Crippen LogP contribution in [0.1, 0.15) is 29.5 Å². The molecule has 1 unspecified atom stereocenters. The first kappa shape index (κ1) is 20.5. The lowest BCUT2D eigenvalue weighted by atomic mass is 9.95. The van der Waals surface area contributed by atoms with Crippen LogP contribution in [-0.2, 0) is 19.5 Å². The summed E-state index contributed by atoms with van der Waals surface area (Å²) in [6.07, 6.45) is 3.57. The first-order chi connectivity index (χ1) is 15.2. The molecule has 166 valence electrons. The van der Waals surface area contributed by atoms with Crippen molar-refractivity contribution >= 4 is 0 Å². The third-order valence-electron chi connectivity index (χ3n) is 6.76. The lowest BCUT2D eigenvalue weighted by Gasteiger charge is -2.41. The lowest BCUT2D eigenvalue weighted by Crippen LogP contribution is -2.49. The molecule has 0 spiro atoms. The molecular weight excluding hydrogens is 392 g/mol. The summed E-state index contributed by atoms with van der Waals surface area (Å²) in [6.45, 7) is 6.58. The third-order valence-corrected chi connectivity index (χ3v) is 6.76. The number of fused-ring (bicyclic) bond motifs is 2. The van der Waals surface area contributed by atoms with Gasteiger partial charge in [-0.1, -0.05) is 6.07 Å². The predicted octanol–water partition coefficient (Wildman–Crippen LogP) is 3.50. The van der Waals surface area contributed by atoms with Crippen LogP contribution in [0.15, 0.2) is 30.3 Å². The summed E-state index contributed by atoms with van der Waals surface area (Å²) in [5, 5.41) is 0. The summed E-state index contributed by atoms with van der Waals surface area (Å²) in [5.41, 5.74) is 4.05. The molecule has 1 atom stereocenters. The van der Waals surface area contributed by atoms with Crippen LogP contribution in [0, 0.1) is 0 Å². The molecule has 0 aromatic heterocycles. The van der Waals surface area contributed by atoms with E-state index in [9.17, 15) is 0 Å². The number of hydrogen-bond acceptors (Lipinski definition) is 6.